The fourth-order valence-corrected chi connectivity index (χ4v) is 4.56. The van der Waals surface area contributed by atoms with Crippen LogP contribution in [0.3, 0.4) is 0 Å². The first-order valence-corrected chi connectivity index (χ1v) is 10.0. The van der Waals surface area contributed by atoms with Gasteiger partial charge in [0, 0.05) is 36.8 Å². The van der Waals surface area contributed by atoms with Gasteiger partial charge in [-0.05, 0) is 48.7 Å². The van der Waals surface area contributed by atoms with Crippen molar-refractivity contribution in [1.29, 1.82) is 0 Å². The van der Waals surface area contributed by atoms with Gasteiger partial charge in [-0.25, -0.2) is 0 Å². The van der Waals surface area contributed by atoms with E-state index in [9.17, 15) is 14.4 Å². The molecule has 1 saturated heterocycles. The minimum atomic E-state index is -0.451. The second-order valence-electron chi connectivity index (χ2n) is 7.89. The zero-order valence-corrected chi connectivity index (χ0v) is 16.3. The number of fused-ring (bicyclic) bond motifs is 4. The Kier molecular flexibility index (Phi) is 4.50. The third kappa shape index (κ3) is 3.22. The lowest BCUT2D eigenvalue weighted by Crippen LogP contribution is -2.49. The van der Waals surface area contributed by atoms with E-state index in [4.69, 9.17) is 4.42 Å². The number of piperidine rings is 1. The molecular formula is C23H21N3O4. The summed E-state index contributed by atoms with van der Waals surface area (Å²) in [6.07, 6.45) is 2.37. The summed E-state index contributed by atoms with van der Waals surface area (Å²) in [6, 6.07) is 16.0. The van der Waals surface area contributed by atoms with Crippen LogP contribution in [0.2, 0.25) is 0 Å². The zero-order chi connectivity index (χ0) is 20.7. The van der Waals surface area contributed by atoms with E-state index < -0.39 is 5.91 Å². The first kappa shape index (κ1) is 18.4. The van der Waals surface area contributed by atoms with Gasteiger partial charge >= 0.3 is 0 Å². The topological polar surface area (TPSA) is 84.5 Å². The maximum Gasteiger partial charge on any atom is 0.291 e. The SMILES string of the molecule is O=C(Nc1ccc2n(c1=O)CC1CC2CN(C(=O)c2ccccc2)C1)c1ccco1. The summed E-state index contributed by atoms with van der Waals surface area (Å²) in [6.45, 7) is 1.74. The number of rotatable bonds is 3. The molecule has 2 atom stereocenters. The van der Waals surface area contributed by atoms with E-state index in [0.29, 0.717) is 25.2 Å². The summed E-state index contributed by atoms with van der Waals surface area (Å²) >= 11 is 0. The first-order valence-electron chi connectivity index (χ1n) is 10.0. The van der Waals surface area contributed by atoms with E-state index in [-0.39, 0.29) is 34.7 Å². The summed E-state index contributed by atoms with van der Waals surface area (Å²) in [5.41, 5.74) is 1.62. The molecule has 1 aromatic carbocycles. The lowest BCUT2D eigenvalue weighted by molar-refractivity contribution is 0.0594. The highest BCUT2D eigenvalue weighted by molar-refractivity contribution is 6.02. The Morgan fingerprint density at radius 3 is 2.57 bits per heavy atom. The van der Waals surface area contributed by atoms with Crippen LogP contribution in [-0.2, 0) is 6.54 Å². The van der Waals surface area contributed by atoms with Gasteiger partial charge in [-0.1, -0.05) is 18.2 Å². The number of nitrogens with one attached hydrogen (secondary N) is 1. The summed E-state index contributed by atoms with van der Waals surface area (Å²) in [7, 11) is 0. The molecule has 0 spiro atoms. The van der Waals surface area contributed by atoms with Crippen LogP contribution in [-0.4, -0.2) is 34.4 Å². The molecule has 5 rings (SSSR count). The number of amides is 2. The lowest BCUT2D eigenvalue weighted by Gasteiger charge is -2.43. The highest BCUT2D eigenvalue weighted by Gasteiger charge is 2.37. The van der Waals surface area contributed by atoms with Crippen molar-refractivity contribution in [1.82, 2.24) is 9.47 Å². The normalized spacial score (nSPS) is 19.8. The number of carbonyl (C=O) groups excluding carboxylic acids is 2. The van der Waals surface area contributed by atoms with Crippen LogP contribution in [0, 0.1) is 5.92 Å². The molecule has 2 aromatic heterocycles. The minimum absolute atomic E-state index is 0.0310. The van der Waals surface area contributed by atoms with Gasteiger partial charge in [0.15, 0.2) is 5.76 Å². The smallest absolute Gasteiger partial charge is 0.291 e. The molecule has 1 fully saturated rings. The molecular weight excluding hydrogens is 382 g/mol. The van der Waals surface area contributed by atoms with E-state index >= 15 is 0 Å². The fraction of sp³-hybridized carbons (Fsp3) is 0.261. The molecule has 0 saturated carbocycles. The third-order valence-electron chi connectivity index (χ3n) is 5.91. The van der Waals surface area contributed by atoms with Gasteiger partial charge in [0.1, 0.15) is 5.69 Å². The van der Waals surface area contributed by atoms with E-state index in [1.807, 2.05) is 41.3 Å². The van der Waals surface area contributed by atoms with Gasteiger partial charge in [-0.15, -0.1) is 0 Å². The van der Waals surface area contributed by atoms with Crippen LogP contribution in [0.1, 0.15) is 38.9 Å². The van der Waals surface area contributed by atoms with Crippen LogP contribution in [0.25, 0.3) is 0 Å². The number of carbonyl (C=O) groups is 2. The summed E-state index contributed by atoms with van der Waals surface area (Å²) < 4.78 is 6.84. The van der Waals surface area contributed by atoms with Crippen LogP contribution in [0.4, 0.5) is 5.69 Å². The predicted octanol–water partition coefficient (Wildman–Crippen LogP) is 2.95. The van der Waals surface area contributed by atoms with Crippen molar-refractivity contribution in [3.05, 3.63) is 88.2 Å². The Labute approximate surface area is 172 Å². The maximum absolute atomic E-state index is 13.0. The number of aromatic nitrogens is 1. The summed E-state index contributed by atoms with van der Waals surface area (Å²) in [5.74, 6) is 0.0473. The average Bonchev–Trinajstić information content (AvgIpc) is 3.31. The monoisotopic (exact) mass is 403 g/mol. The molecule has 7 heteroatoms. The molecule has 2 amide bonds. The van der Waals surface area contributed by atoms with Crippen molar-refractivity contribution in [3.8, 4) is 0 Å². The quantitative estimate of drug-likeness (QED) is 0.729. The molecule has 2 bridgehead atoms. The van der Waals surface area contributed by atoms with E-state index in [2.05, 4.69) is 5.32 Å². The maximum atomic E-state index is 13.0. The van der Waals surface area contributed by atoms with Crippen molar-refractivity contribution in [3.63, 3.8) is 0 Å². The molecule has 2 unspecified atom stereocenters. The van der Waals surface area contributed by atoms with E-state index in [1.165, 1.54) is 6.26 Å². The Morgan fingerprint density at radius 2 is 1.80 bits per heavy atom. The second-order valence-corrected chi connectivity index (χ2v) is 7.89. The lowest BCUT2D eigenvalue weighted by atomic mass is 9.83. The van der Waals surface area contributed by atoms with Crippen molar-refractivity contribution in [2.24, 2.45) is 5.92 Å². The number of hydrogen-bond donors (Lipinski definition) is 1. The Bertz CT molecular complexity index is 1150. The molecule has 152 valence electrons. The molecule has 0 aliphatic carbocycles. The summed E-state index contributed by atoms with van der Waals surface area (Å²) in [4.78, 5) is 40.1. The molecule has 1 N–H and O–H groups in total. The number of anilines is 1. The second kappa shape index (κ2) is 7.33. The van der Waals surface area contributed by atoms with Gasteiger partial charge in [0.2, 0.25) is 0 Å². The highest BCUT2D eigenvalue weighted by Crippen LogP contribution is 2.36. The van der Waals surface area contributed by atoms with Crippen molar-refractivity contribution in [2.45, 2.75) is 18.9 Å². The van der Waals surface area contributed by atoms with Gasteiger partial charge in [0.05, 0.1) is 6.26 Å². The predicted molar refractivity (Wildman–Crippen MR) is 111 cm³/mol. The molecule has 2 aliphatic heterocycles. The average molecular weight is 403 g/mol. The van der Waals surface area contributed by atoms with E-state index in [1.54, 1.807) is 22.8 Å². The molecule has 3 aromatic rings. The molecule has 2 aliphatic rings. The van der Waals surface area contributed by atoms with Gasteiger partial charge in [0.25, 0.3) is 17.4 Å². The number of nitrogens with zero attached hydrogens (tertiary/aromatic N) is 2. The Hall–Kier alpha value is -3.61. The Morgan fingerprint density at radius 1 is 0.967 bits per heavy atom. The van der Waals surface area contributed by atoms with Crippen LogP contribution in [0.5, 0.6) is 0 Å². The minimum Gasteiger partial charge on any atom is -0.459 e. The van der Waals surface area contributed by atoms with Crippen LogP contribution < -0.4 is 10.9 Å². The number of likely N-dealkylation sites (tertiary alicyclic amines) is 1. The third-order valence-corrected chi connectivity index (χ3v) is 5.91. The summed E-state index contributed by atoms with van der Waals surface area (Å²) in [5, 5.41) is 2.65. The Balaban J connectivity index is 1.39. The van der Waals surface area contributed by atoms with Gasteiger partial charge in [-0.2, -0.15) is 0 Å². The van der Waals surface area contributed by atoms with Crippen LogP contribution in [0.15, 0.2) is 70.1 Å². The number of hydrogen-bond acceptors (Lipinski definition) is 4. The largest absolute Gasteiger partial charge is 0.459 e. The fourth-order valence-electron chi connectivity index (χ4n) is 4.56. The highest BCUT2D eigenvalue weighted by atomic mass is 16.3. The molecule has 4 heterocycles. The van der Waals surface area contributed by atoms with Crippen molar-refractivity contribution >= 4 is 17.5 Å². The molecule has 7 nitrogen and oxygen atoms in total. The van der Waals surface area contributed by atoms with Crippen LogP contribution >= 0.6 is 0 Å². The first-order chi connectivity index (χ1) is 14.6. The number of benzene rings is 1. The van der Waals surface area contributed by atoms with Gasteiger partial charge < -0.3 is 19.2 Å². The standard InChI is InChI=1S/C23H21N3O4/c27-21(20-7-4-10-30-20)24-18-8-9-19-17-11-15(13-26(19)23(18)29)12-25(14-17)22(28)16-5-2-1-3-6-16/h1-10,15,17H,11-14H2,(H,24,27). The number of furan rings is 1. The molecule has 30 heavy (non-hydrogen) atoms. The van der Waals surface area contributed by atoms with Crippen molar-refractivity contribution < 1.29 is 14.0 Å². The molecule has 0 radical (unpaired) electrons. The number of pyridine rings is 1. The van der Waals surface area contributed by atoms with Crippen molar-refractivity contribution in [2.75, 3.05) is 18.4 Å². The van der Waals surface area contributed by atoms with Gasteiger partial charge in [-0.3, -0.25) is 14.4 Å². The zero-order valence-electron chi connectivity index (χ0n) is 16.3. The van der Waals surface area contributed by atoms with E-state index in [0.717, 1.165) is 12.1 Å².